The number of carbonyl (C=O) groups excluding carboxylic acids is 2. The maximum atomic E-state index is 12.7. The molecule has 1 aliphatic heterocycles. The van der Waals surface area contributed by atoms with Gasteiger partial charge in [0.15, 0.2) is 0 Å². The molecule has 1 N–H and O–H groups in total. The smallest absolute Gasteiger partial charge is 0.274 e. The molecule has 0 radical (unpaired) electrons. The number of anilines is 2. The number of hydrogen-bond donors (Lipinski definition) is 1. The van der Waals surface area contributed by atoms with Gasteiger partial charge in [0.1, 0.15) is 23.6 Å². The van der Waals surface area contributed by atoms with Gasteiger partial charge < -0.3 is 19.9 Å². The Kier molecular flexibility index (Phi) is 5.85. The topological polar surface area (TPSA) is 87.7 Å². The summed E-state index contributed by atoms with van der Waals surface area (Å²) in [4.78, 5) is 35.6. The Morgan fingerprint density at radius 3 is 2.63 bits per heavy atom. The van der Waals surface area contributed by atoms with Crippen LogP contribution in [0.15, 0.2) is 36.7 Å². The van der Waals surface area contributed by atoms with Gasteiger partial charge in [-0.3, -0.25) is 9.59 Å². The van der Waals surface area contributed by atoms with Crippen molar-refractivity contribution >= 4 is 23.8 Å². The van der Waals surface area contributed by atoms with Gasteiger partial charge >= 0.3 is 0 Å². The summed E-state index contributed by atoms with van der Waals surface area (Å²) in [6, 6.07) is 8.96. The molecule has 1 aromatic heterocycles. The molecule has 2 amide bonds. The Morgan fingerprint density at radius 2 is 1.93 bits per heavy atom. The number of ether oxygens (including phenoxy) is 1. The van der Waals surface area contributed by atoms with Crippen LogP contribution in [0.4, 0.5) is 11.5 Å². The molecule has 2 heterocycles. The number of nitrogens with zero attached hydrogens (tertiary/aromatic N) is 4. The number of piperazine rings is 1. The number of amides is 2. The summed E-state index contributed by atoms with van der Waals surface area (Å²) in [5.41, 5.74) is 0.869. The zero-order chi connectivity index (χ0) is 19.2. The van der Waals surface area contributed by atoms with E-state index >= 15 is 0 Å². The standard InChI is InChI=1S/C19H23N5O3/c1-14(2)27-17-6-4-3-5-15(17)22-19(26)16-11-18(21-12-20-16)24-9-7-23(13-25)8-10-24/h3-6,11-14H,7-10H2,1-2H3,(H,22,26). The Bertz CT molecular complexity index is 803. The maximum absolute atomic E-state index is 12.7. The Labute approximate surface area is 158 Å². The fraction of sp³-hybridized carbons (Fsp3) is 0.368. The molecule has 3 rings (SSSR count). The van der Waals surface area contributed by atoms with E-state index in [9.17, 15) is 9.59 Å². The third-order valence-corrected chi connectivity index (χ3v) is 4.17. The van der Waals surface area contributed by atoms with E-state index in [0.717, 1.165) is 6.41 Å². The van der Waals surface area contributed by atoms with Gasteiger partial charge in [-0.2, -0.15) is 0 Å². The van der Waals surface area contributed by atoms with Crippen LogP contribution in [-0.2, 0) is 4.79 Å². The van der Waals surface area contributed by atoms with E-state index in [1.54, 1.807) is 17.0 Å². The minimum absolute atomic E-state index is 0.00117. The molecule has 0 atom stereocenters. The molecule has 0 saturated carbocycles. The van der Waals surface area contributed by atoms with Crippen LogP contribution in [0.3, 0.4) is 0 Å². The van der Waals surface area contributed by atoms with Gasteiger partial charge in [0.2, 0.25) is 6.41 Å². The molecule has 8 heteroatoms. The molecular formula is C19H23N5O3. The number of rotatable bonds is 6. The zero-order valence-corrected chi connectivity index (χ0v) is 15.5. The summed E-state index contributed by atoms with van der Waals surface area (Å²) in [6.45, 7) is 6.47. The Balaban J connectivity index is 1.72. The third kappa shape index (κ3) is 4.72. The van der Waals surface area contributed by atoms with Crippen molar-refractivity contribution in [3.63, 3.8) is 0 Å². The largest absolute Gasteiger partial charge is 0.489 e. The fourth-order valence-corrected chi connectivity index (χ4v) is 2.81. The quantitative estimate of drug-likeness (QED) is 0.781. The molecular weight excluding hydrogens is 346 g/mol. The number of hydrogen-bond acceptors (Lipinski definition) is 6. The molecule has 0 spiro atoms. The molecule has 2 aromatic rings. The molecule has 1 fully saturated rings. The highest BCUT2D eigenvalue weighted by molar-refractivity contribution is 6.04. The van der Waals surface area contributed by atoms with Crippen LogP contribution in [0.5, 0.6) is 5.75 Å². The first-order valence-corrected chi connectivity index (χ1v) is 8.90. The fourth-order valence-electron chi connectivity index (χ4n) is 2.81. The monoisotopic (exact) mass is 369 g/mol. The van der Waals surface area contributed by atoms with Crippen LogP contribution in [0, 0.1) is 0 Å². The number of para-hydroxylation sites is 2. The van der Waals surface area contributed by atoms with Gasteiger partial charge in [0.05, 0.1) is 11.8 Å². The average Bonchev–Trinajstić information content (AvgIpc) is 2.69. The zero-order valence-electron chi connectivity index (χ0n) is 15.5. The second kappa shape index (κ2) is 8.48. The molecule has 0 aliphatic carbocycles. The van der Waals surface area contributed by atoms with Gasteiger partial charge in [0.25, 0.3) is 5.91 Å². The van der Waals surface area contributed by atoms with Crippen molar-refractivity contribution in [1.29, 1.82) is 0 Å². The van der Waals surface area contributed by atoms with Crippen molar-refractivity contribution in [2.24, 2.45) is 0 Å². The molecule has 0 bridgehead atoms. The third-order valence-electron chi connectivity index (χ3n) is 4.17. The molecule has 0 unspecified atom stereocenters. The lowest BCUT2D eigenvalue weighted by molar-refractivity contribution is -0.118. The van der Waals surface area contributed by atoms with Gasteiger partial charge in [-0.1, -0.05) is 12.1 Å². The lowest BCUT2D eigenvalue weighted by atomic mass is 10.2. The SMILES string of the molecule is CC(C)Oc1ccccc1NC(=O)c1cc(N2CCN(C=O)CC2)ncn1. The Hall–Kier alpha value is -3.16. The van der Waals surface area contributed by atoms with Crippen molar-refractivity contribution in [3.8, 4) is 5.75 Å². The highest BCUT2D eigenvalue weighted by atomic mass is 16.5. The van der Waals surface area contributed by atoms with Crippen molar-refractivity contribution in [3.05, 3.63) is 42.4 Å². The van der Waals surface area contributed by atoms with E-state index in [0.29, 0.717) is 43.4 Å². The predicted octanol–water partition coefficient (Wildman–Crippen LogP) is 1.79. The van der Waals surface area contributed by atoms with E-state index in [-0.39, 0.29) is 17.7 Å². The van der Waals surface area contributed by atoms with Crippen molar-refractivity contribution in [1.82, 2.24) is 14.9 Å². The summed E-state index contributed by atoms with van der Waals surface area (Å²) in [5.74, 6) is 0.956. The molecule has 1 aliphatic rings. The number of nitrogens with one attached hydrogen (secondary N) is 1. The van der Waals surface area contributed by atoms with E-state index in [1.165, 1.54) is 6.33 Å². The van der Waals surface area contributed by atoms with Crippen LogP contribution in [0.25, 0.3) is 0 Å². The first-order chi connectivity index (χ1) is 13.1. The van der Waals surface area contributed by atoms with Crippen LogP contribution >= 0.6 is 0 Å². The predicted molar refractivity (Wildman–Crippen MR) is 102 cm³/mol. The highest BCUT2D eigenvalue weighted by Gasteiger charge is 2.19. The summed E-state index contributed by atoms with van der Waals surface area (Å²) >= 11 is 0. The Morgan fingerprint density at radius 1 is 1.19 bits per heavy atom. The van der Waals surface area contributed by atoms with Crippen molar-refractivity contribution < 1.29 is 14.3 Å². The molecule has 1 aromatic carbocycles. The van der Waals surface area contributed by atoms with Gasteiger partial charge in [0, 0.05) is 32.2 Å². The normalized spacial score (nSPS) is 14.2. The minimum Gasteiger partial charge on any atom is -0.489 e. The van der Waals surface area contributed by atoms with Crippen LogP contribution < -0.4 is 15.0 Å². The summed E-state index contributed by atoms with van der Waals surface area (Å²) in [7, 11) is 0. The second-order valence-electron chi connectivity index (χ2n) is 6.51. The number of carbonyl (C=O) groups is 2. The van der Waals surface area contributed by atoms with Crippen LogP contribution in [0.1, 0.15) is 24.3 Å². The molecule has 27 heavy (non-hydrogen) atoms. The minimum atomic E-state index is -0.329. The average molecular weight is 369 g/mol. The summed E-state index contributed by atoms with van der Waals surface area (Å²) < 4.78 is 5.73. The van der Waals surface area contributed by atoms with Gasteiger partial charge in [-0.05, 0) is 26.0 Å². The summed E-state index contributed by atoms with van der Waals surface area (Å²) in [5, 5.41) is 2.85. The lowest BCUT2D eigenvalue weighted by Gasteiger charge is -2.33. The lowest BCUT2D eigenvalue weighted by Crippen LogP contribution is -2.46. The second-order valence-corrected chi connectivity index (χ2v) is 6.51. The van der Waals surface area contributed by atoms with Gasteiger partial charge in [-0.25, -0.2) is 9.97 Å². The maximum Gasteiger partial charge on any atom is 0.274 e. The molecule has 1 saturated heterocycles. The molecule has 142 valence electrons. The first kappa shape index (κ1) is 18.6. The van der Waals surface area contributed by atoms with Crippen molar-refractivity contribution in [2.75, 3.05) is 36.4 Å². The number of benzene rings is 1. The number of aromatic nitrogens is 2. The van der Waals surface area contributed by atoms with E-state index in [4.69, 9.17) is 4.74 Å². The highest BCUT2D eigenvalue weighted by Crippen LogP contribution is 2.25. The van der Waals surface area contributed by atoms with E-state index in [2.05, 4.69) is 15.3 Å². The van der Waals surface area contributed by atoms with Crippen LogP contribution in [0.2, 0.25) is 0 Å². The van der Waals surface area contributed by atoms with Crippen molar-refractivity contribution in [2.45, 2.75) is 20.0 Å². The molecule has 8 nitrogen and oxygen atoms in total. The van der Waals surface area contributed by atoms with Crippen LogP contribution in [-0.4, -0.2) is 59.5 Å². The van der Waals surface area contributed by atoms with Gasteiger partial charge in [-0.15, -0.1) is 0 Å². The van der Waals surface area contributed by atoms with E-state index < -0.39 is 0 Å². The van der Waals surface area contributed by atoms with E-state index in [1.807, 2.05) is 36.9 Å². The first-order valence-electron chi connectivity index (χ1n) is 8.90. The summed E-state index contributed by atoms with van der Waals surface area (Å²) in [6.07, 6.45) is 2.23.